The first kappa shape index (κ1) is 17.1. The lowest BCUT2D eigenvalue weighted by molar-refractivity contribution is -0.117. The number of rotatable bonds is 3. The topological polar surface area (TPSA) is 85.1 Å². The molecule has 2 aromatic rings. The smallest absolute Gasteiger partial charge is 0.267 e. The third-order valence-corrected chi connectivity index (χ3v) is 4.64. The lowest BCUT2D eigenvalue weighted by Gasteiger charge is -2.25. The predicted molar refractivity (Wildman–Crippen MR) is 97.6 cm³/mol. The number of primary amides is 1. The quantitative estimate of drug-likeness (QED) is 0.902. The molecule has 0 radical (unpaired) electrons. The van der Waals surface area contributed by atoms with Crippen molar-refractivity contribution >= 4 is 17.5 Å². The van der Waals surface area contributed by atoms with Crippen molar-refractivity contribution in [1.29, 1.82) is 0 Å². The van der Waals surface area contributed by atoms with E-state index in [1.54, 1.807) is 6.07 Å². The minimum atomic E-state index is -0.591. The van der Waals surface area contributed by atoms with Crippen LogP contribution in [0.2, 0.25) is 0 Å². The van der Waals surface area contributed by atoms with Crippen LogP contribution in [0.5, 0.6) is 0 Å². The van der Waals surface area contributed by atoms with E-state index in [-0.39, 0.29) is 22.9 Å². The van der Waals surface area contributed by atoms with Crippen LogP contribution in [0.4, 0.5) is 5.69 Å². The number of hydrogen-bond donors (Lipinski definition) is 2. The van der Waals surface area contributed by atoms with Gasteiger partial charge in [-0.3, -0.25) is 14.6 Å². The van der Waals surface area contributed by atoms with E-state index in [9.17, 15) is 9.59 Å². The molecule has 5 heteroatoms. The van der Waals surface area contributed by atoms with Crippen LogP contribution >= 0.6 is 0 Å². The second-order valence-electron chi connectivity index (χ2n) is 7.48. The number of amides is 2. The highest BCUT2D eigenvalue weighted by Gasteiger charge is 2.31. The van der Waals surface area contributed by atoms with E-state index in [0.717, 1.165) is 18.4 Å². The molecule has 0 spiro atoms. The third kappa shape index (κ3) is 3.27. The number of fused-ring (bicyclic) bond motifs is 1. The highest BCUT2D eigenvalue weighted by molar-refractivity contribution is 6.00. The molecule has 3 N–H and O–H groups in total. The molecular weight excluding hydrogens is 314 g/mol. The zero-order valence-electron chi connectivity index (χ0n) is 14.8. The third-order valence-electron chi connectivity index (χ3n) is 4.64. The number of hydrogen-bond acceptors (Lipinski definition) is 3. The van der Waals surface area contributed by atoms with Gasteiger partial charge in [0.2, 0.25) is 5.91 Å². The largest absolute Gasteiger partial charge is 0.364 e. The van der Waals surface area contributed by atoms with Gasteiger partial charge in [-0.1, -0.05) is 45.0 Å². The number of aryl methyl sites for hydroxylation is 1. The summed E-state index contributed by atoms with van der Waals surface area (Å²) >= 11 is 0. The summed E-state index contributed by atoms with van der Waals surface area (Å²) in [6, 6.07) is 9.77. The Labute approximate surface area is 147 Å². The van der Waals surface area contributed by atoms with E-state index < -0.39 is 5.91 Å². The van der Waals surface area contributed by atoms with Gasteiger partial charge in [0.25, 0.3) is 5.91 Å². The molecule has 1 aliphatic rings. The first-order valence-corrected chi connectivity index (χ1v) is 8.47. The summed E-state index contributed by atoms with van der Waals surface area (Å²) in [5, 5.41) is 3.01. The van der Waals surface area contributed by atoms with Crippen molar-refractivity contribution in [3.63, 3.8) is 0 Å². The first-order chi connectivity index (χ1) is 11.8. The second-order valence-corrected chi connectivity index (χ2v) is 7.48. The maximum atomic E-state index is 12.9. The lowest BCUT2D eigenvalue weighted by Crippen LogP contribution is -2.27. The van der Waals surface area contributed by atoms with Crippen LogP contribution in [-0.2, 0) is 16.6 Å². The molecule has 0 saturated heterocycles. The molecule has 5 nitrogen and oxygen atoms in total. The number of nitrogens with zero attached hydrogens (tertiary/aromatic N) is 1. The highest BCUT2D eigenvalue weighted by atomic mass is 16.2. The zero-order chi connectivity index (χ0) is 18.2. The summed E-state index contributed by atoms with van der Waals surface area (Å²) in [4.78, 5) is 28.8. The van der Waals surface area contributed by atoms with E-state index in [4.69, 9.17) is 5.73 Å². The van der Waals surface area contributed by atoms with Crippen LogP contribution in [-0.4, -0.2) is 16.8 Å². The molecular formula is C20H23N3O2. The number of carbonyl (C=O) groups is 2. The first-order valence-electron chi connectivity index (χ1n) is 8.47. The number of benzene rings is 1. The molecule has 1 aromatic carbocycles. The molecule has 0 aliphatic heterocycles. The number of carbonyl (C=O) groups excluding carboxylic acids is 2. The van der Waals surface area contributed by atoms with E-state index in [2.05, 4.69) is 16.4 Å². The highest BCUT2D eigenvalue weighted by Crippen LogP contribution is 2.36. The van der Waals surface area contributed by atoms with Gasteiger partial charge in [0.1, 0.15) is 5.69 Å². The summed E-state index contributed by atoms with van der Waals surface area (Å²) in [5.41, 5.74) is 8.89. The number of pyridine rings is 1. The Morgan fingerprint density at radius 3 is 2.60 bits per heavy atom. The average molecular weight is 337 g/mol. The average Bonchev–Trinajstić information content (AvgIpc) is 2.97. The van der Waals surface area contributed by atoms with Gasteiger partial charge in [-0.05, 0) is 35.4 Å². The molecule has 0 saturated carbocycles. The number of aromatic nitrogens is 1. The van der Waals surface area contributed by atoms with Gasteiger partial charge < -0.3 is 11.1 Å². The van der Waals surface area contributed by atoms with Crippen molar-refractivity contribution in [2.75, 3.05) is 5.32 Å². The van der Waals surface area contributed by atoms with E-state index in [1.165, 1.54) is 11.8 Å². The Hall–Kier alpha value is -2.69. The number of nitrogens with two attached hydrogens (primary N) is 1. The fourth-order valence-corrected chi connectivity index (χ4v) is 3.56. The van der Waals surface area contributed by atoms with Crippen LogP contribution in [0.15, 0.2) is 36.5 Å². The monoisotopic (exact) mass is 337 g/mol. The van der Waals surface area contributed by atoms with Crippen molar-refractivity contribution in [3.05, 3.63) is 58.9 Å². The van der Waals surface area contributed by atoms with Crippen LogP contribution in [0.3, 0.4) is 0 Å². The summed E-state index contributed by atoms with van der Waals surface area (Å²) in [5.74, 6) is -0.821. The van der Waals surface area contributed by atoms with Crippen LogP contribution < -0.4 is 11.1 Å². The Balaban J connectivity index is 1.95. The van der Waals surface area contributed by atoms with Crippen molar-refractivity contribution in [2.24, 2.45) is 5.73 Å². The van der Waals surface area contributed by atoms with Crippen LogP contribution in [0.25, 0.3) is 0 Å². The van der Waals surface area contributed by atoms with Crippen LogP contribution in [0.1, 0.15) is 60.3 Å². The van der Waals surface area contributed by atoms with Gasteiger partial charge in [-0.25, -0.2) is 0 Å². The van der Waals surface area contributed by atoms with Crippen molar-refractivity contribution in [2.45, 2.75) is 44.9 Å². The maximum absolute atomic E-state index is 12.9. The standard InChI is InChI=1S/C20H23N3O2/c1-20(2,3)16-15(10-11-22-17(16)18(21)24)23-19(25)14-9-8-12-6-4-5-7-13(12)14/h4-7,10-11,14H,8-9H2,1-3H3,(H2,21,24)(H,22,23,25). The Morgan fingerprint density at radius 1 is 1.20 bits per heavy atom. The summed E-state index contributed by atoms with van der Waals surface area (Å²) in [6.45, 7) is 5.91. The van der Waals surface area contributed by atoms with E-state index in [1.807, 2.05) is 39.0 Å². The van der Waals surface area contributed by atoms with Gasteiger partial charge in [-0.15, -0.1) is 0 Å². The number of anilines is 1. The minimum Gasteiger partial charge on any atom is -0.364 e. The van der Waals surface area contributed by atoms with E-state index in [0.29, 0.717) is 11.3 Å². The molecule has 130 valence electrons. The van der Waals surface area contributed by atoms with Crippen LogP contribution in [0, 0.1) is 0 Å². The Kier molecular flexibility index (Phi) is 4.33. The molecule has 3 rings (SSSR count). The lowest BCUT2D eigenvalue weighted by atomic mass is 9.84. The van der Waals surface area contributed by atoms with Gasteiger partial charge >= 0.3 is 0 Å². The van der Waals surface area contributed by atoms with Gasteiger partial charge in [-0.2, -0.15) is 0 Å². The number of nitrogens with one attached hydrogen (secondary N) is 1. The normalized spacial score (nSPS) is 16.4. The molecule has 1 heterocycles. The molecule has 0 bridgehead atoms. The molecule has 25 heavy (non-hydrogen) atoms. The molecule has 1 atom stereocenters. The Morgan fingerprint density at radius 2 is 1.92 bits per heavy atom. The molecule has 0 fully saturated rings. The fourth-order valence-electron chi connectivity index (χ4n) is 3.56. The van der Waals surface area contributed by atoms with Crippen molar-refractivity contribution in [1.82, 2.24) is 4.98 Å². The van der Waals surface area contributed by atoms with Crippen molar-refractivity contribution in [3.8, 4) is 0 Å². The van der Waals surface area contributed by atoms with Gasteiger partial charge in [0.15, 0.2) is 0 Å². The SMILES string of the molecule is CC(C)(C)c1c(NC(=O)C2CCc3ccccc32)ccnc1C(N)=O. The summed E-state index contributed by atoms with van der Waals surface area (Å²) in [6.07, 6.45) is 3.21. The fraction of sp³-hybridized carbons (Fsp3) is 0.350. The molecule has 1 unspecified atom stereocenters. The Bertz CT molecular complexity index is 837. The molecule has 2 amide bonds. The zero-order valence-corrected chi connectivity index (χ0v) is 14.8. The van der Waals surface area contributed by atoms with Gasteiger partial charge in [0, 0.05) is 17.4 Å². The molecule has 1 aromatic heterocycles. The summed E-state index contributed by atoms with van der Waals surface area (Å²) < 4.78 is 0. The van der Waals surface area contributed by atoms with Gasteiger partial charge in [0.05, 0.1) is 5.92 Å². The van der Waals surface area contributed by atoms with Crippen molar-refractivity contribution < 1.29 is 9.59 Å². The maximum Gasteiger partial charge on any atom is 0.267 e. The molecule has 1 aliphatic carbocycles. The minimum absolute atomic E-state index is 0.0583. The van der Waals surface area contributed by atoms with E-state index >= 15 is 0 Å². The summed E-state index contributed by atoms with van der Waals surface area (Å²) in [7, 11) is 0. The second kappa shape index (κ2) is 6.31. The predicted octanol–water partition coefficient (Wildman–Crippen LogP) is 3.15.